The number of aliphatic hydroxyl groups excluding tert-OH is 1. The van der Waals surface area contributed by atoms with E-state index in [1.54, 1.807) is 30.1 Å². The van der Waals surface area contributed by atoms with Crippen molar-refractivity contribution in [2.24, 2.45) is 0 Å². The SMILES string of the molecule is CN1C(=O)C[C@H](c2ccccc2)[C@@H]1C(O)c1ccc(Cl)c(Cl)c1. The van der Waals surface area contributed by atoms with Gasteiger partial charge in [-0.05, 0) is 23.3 Å². The third-order valence-corrected chi connectivity index (χ3v) is 5.22. The highest BCUT2D eigenvalue weighted by atomic mass is 35.5. The van der Waals surface area contributed by atoms with Gasteiger partial charge in [0.25, 0.3) is 0 Å². The molecule has 0 saturated carbocycles. The highest BCUT2D eigenvalue weighted by Gasteiger charge is 2.42. The van der Waals surface area contributed by atoms with E-state index in [4.69, 9.17) is 23.2 Å². The van der Waals surface area contributed by atoms with Gasteiger partial charge in [0.15, 0.2) is 0 Å². The molecule has 5 heteroatoms. The Bertz CT molecular complexity index is 720. The molecule has 3 nitrogen and oxygen atoms in total. The number of nitrogens with zero attached hydrogens (tertiary/aromatic N) is 1. The van der Waals surface area contributed by atoms with E-state index in [0.29, 0.717) is 22.0 Å². The highest BCUT2D eigenvalue weighted by Crippen LogP contribution is 2.40. The van der Waals surface area contributed by atoms with E-state index in [2.05, 4.69) is 0 Å². The van der Waals surface area contributed by atoms with Gasteiger partial charge in [-0.3, -0.25) is 4.79 Å². The Hall–Kier alpha value is -1.55. The Morgan fingerprint density at radius 1 is 1.13 bits per heavy atom. The average Bonchev–Trinajstić information content (AvgIpc) is 2.86. The molecule has 1 aliphatic rings. The minimum Gasteiger partial charge on any atom is -0.386 e. The maximum absolute atomic E-state index is 12.2. The quantitative estimate of drug-likeness (QED) is 0.908. The maximum Gasteiger partial charge on any atom is 0.223 e. The number of rotatable bonds is 3. The molecule has 0 aromatic heterocycles. The third kappa shape index (κ3) is 3.09. The minimum atomic E-state index is -0.827. The van der Waals surface area contributed by atoms with Gasteiger partial charge in [0.2, 0.25) is 5.91 Å². The summed E-state index contributed by atoms with van der Waals surface area (Å²) < 4.78 is 0. The Morgan fingerprint density at radius 3 is 2.48 bits per heavy atom. The lowest BCUT2D eigenvalue weighted by Crippen LogP contribution is -2.36. The van der Waals surface area contributed by atoms with Crippen molar-refractivity contribution in [1.29, 1.82) is 0 Å². The number of likely N-dealkylation sites (N-methyl/N-ethyl adjacent to an activating group) is 1. The summed E-state index contributed by atoms with van der Waals surface area (Å²) in [6.07, 6.45) is -0.435. The molecule has 1 heterocycles. The van der Waals surface area contributed by atoms with E-state index < -0.39 is 6.10 Å². The van der Waals surface area contributed by atoms with Gasteiger partial charge in [0.05, 0.1) is 16.1 Å². The van der Waals surface area contributed by atoms with E-state index in [0.717, 1.165) is 5.56 Å². The van der Waals surface area contributed by atoms with Gasteiger partial charge in [0, 0.05) is 19.4 Å². The van der Waals surface area contributed by atoms with Crippen molar-refractivity contribution in [3.05, 3.63) is 69.7 Å². The summed E-state index contributed by atoms with van der Waals surface area (Å²) in [5.41, 5.74) is 1.71. The standard InChI is InChI=1S/C18H17Cl2NO2/c1-21-16(22)10-13(11-5-3-2-4-6-11)17(21)18(23)12-7-8-14(19)15(20)9-12/h2-9,13,17-18,23H,10H2,1H3/t13-,17-,18?/m1/s1. The number of halogens is 2. The Labute approximate surface area is 145 Å². The molecule has 2 aromatic rings. The van der Waals surface area contributed by atoms with Crippen LogP contribution in [0.2, 0.25) is 10.0 Å². The Kier molecular flexibility index (Phi) is 4.62. The number of carbonyl (C=O) groups is 1. The molecule has 3 rings (SSSR count). The molecule has 0 aliphatic carbocycles. The second-order valence-corrected chi connectivity index (χ2v) is 6.65. The Balaban J connectivity index is 1.96. The number of likely N-dealkylation sites (tertiary alicyclic amines) is 1. The number of hydrogen-bond donors (Lipinski definition) is 1. The molecule has 23 heavy (non-hydrogen) atoms. The fourth-order valence-electron chi connectivity index (χ4n) is 3.23. The summed E-state index contributed by atoms with van der Waals surface area (Å²) in [5.74, 6) is -0.0267. The Morgan fingerprint density at radius 2 is 1.83 bits per heavy atom. The van der Waals surface area contributed by atoms with Gasteiger partial charge in [0.1, 0.15) is 6.10 Å². The van der Waals surface area contributed by atoms with Gasteiger partial charge < -0.3 is 10.0 Å². The molecule has 120 valence electrons. The summed E-state index contributed by atoms with van der Waals surface area (Å²) in [4.78, 5) is 13.8. The summed E-state index contributed by atoms with van der Waals surface area (Å²) in [6.45, 7) is 0. The smallest absolute Gasteiger partial charge is 0.223 e. The molecule has 0 bridgehead atoms. The van der Waals surface area contributed by atoms with E-state index in [9.17, 15) is 9.90 Å². The van der Waals surface area contributed by atoms with Crippen LogP contribution in [0.1, 0.15) is 29.6 Å². The molecule has 1 aliphatic heterocycles. The first-order valence-corrected chi connectivity index (χ1v) is 8.18. The van der Waals surface area contributed by atoms with Crippen molar-refractivity contribution in [1.82, 2.24) is 4.90 Å². The van der Waals surface area contributed by atoms with Gasteiger partial charge in [-0.2, -0.15) is 0 Å². The first-order valence-electron chi connectivity index (χ1n) is 7.42. The zero-order chi connectivity index (χ0) is 16.6. The predicted molar refractivity (Wildman–Crippen MR) is 91.8 cm³/mol. The number of amides is 1. The molecule has 0 spiro atoms. The molecular weight excluding hydrogens is 333 g/mol. The molecule has 1 fully saturated rings. The van der Waals surface area contributed by atoms with Crippen LogP contribution >= 0.6 is 23.2 Å². The van der Waals surface area contributed by atoms with E-state index in [-0.39, 0.29) is 17.9 Å². The van der Waals surface area contributed by atoms with Crippen molar-refractivity contribution >= 4 is 29.1 Å². The van der Waals surface area contributed by atoms with E-state index >= 15 is 0 Å². The van der Waals surface area contributed by atoms with Gasteiger partial charge in [-0.25, -0.2) is 0 Å². The van der Waals surface area contributed by atoms with Gasteiger partial charge >= 0.3 is 0 Å². The minimum absolute atomic E-state index is 0.0305. The lowest BCUT2D eigenvalue weighted by molar-refractivity contribution is -0.128. The van der Waals surface area contributed by atoms with Crippen LogP contribution in [0.5, 0.6) is 0 Å². The second kappa shape index (κ2) is 6.52. The van der Waals surface area contributed by atoms with Crippen LogP contribution in [-0.4, -0.2) is 29.0 Å². The van der Waals surface area contributed by atoms with Crippen molar-refractivity contribution in [3.63, 3.8) is 0 Å². The van der Waals surface area contributed by atoms with Crippen LogP contribution in [0.25, 0.3) is 0 Å². The van der Waals surface area contributed by atoms with Crippen molar-refractivity contribution in [3.8, 4) is 0 Å². The predicted octanol–water partition coefficient (Wildman–Crippen LogP) is 4.04. The summed E-state index contributed by atoms with van der Waals surface area (Å²) >= 11 is 12.0. The molecule has 1 saturated heterocycles. The van der Waals surface area contributed by atoms with Crippen LogP contribution in [-0.2, 0) is 4.79 Å². The lowest BCUT2D eigenvalue weighted by Gasteiger charge is -2.30. The molecular formula is C18H17Cl2NO2. The zero-order valence-corrected chi connectivity index (χ0v) is 14.1. The fraction of sp³-hybridized carbons (Fsp3) is 0.278. The van der Waals surface area contributed by atoms with Crippen molar-refractivity contribution in [2.45, 2.75) is 24.5 Å². The lowest BCUT2D eigenvalue weighted by atomic mass is 9.86. The van der Waals surface area contributed by atoms with Crippen LogP contribution in [0.4, 0.5) is 0 Å². The first-order chi connectivity index (χ1) is 11.0. The number of carbonyl (C=O) groups excluding carboxylic acids is 1. The molecule has 1 amide bonds. The number of hydrogen-bond acceptors (Lipinski definition) is 2. The average molecular weight is 350 g/mol. The monoisotopic (exact) mass is 349 g/mol. The van der Waals surface area contributed by atoms with Crippen molar-refractivity contribution in [2.75, 3.05) is 7.05 Å². The highest BCUT2D eigenvalue weighted by molar-refractivity contribution is 6.42. The largest absolute Gasteiger partial charge is 0.386 e. The van der Waals surface area contributed by atoms with Crippen molar-refractivity contribution < 1.29 is 9.90 Å². The maximum atomic E-state index is 12.2. The topological polar surface area (TPSA) is 40.5 Å². The summed E-state index contributed by atoms with van der Waals surface area (Å²) in [5, 5.41) is 11.7. The first kappa shape index (κ1) is 16.3. The summed E-state index contributed by atoms with van der Waals surface area (Å²) in [6, 6.07) is 14.6. The molecule has 3 atom stereocenters. The third-order valence-electron chi connectivity index (χ3n) is 4.48. The molecule has 1 unspecified atom stereocenters. The van der Waals surface area contributed by atoms with E-state index in [1.807, 2.05) is 30.3 Å². The van der Waals surface area contributed by atoms with E-state index in [1.165, 1.54) is 0 Å². The van der Waals surface area contributed by atoms with Crippen LogP contribution < -0.4 is 0 Å². The van der Waals surface area contributed by atoms with Gasteiger partial charge in [-0.1, -0.05) is 59.6 Å². The molecule has 0 radical (unpaired) electrons. The summed E-state index contributed by atoms with van der Waals surface area (Å²) in [7, 11) is 1.73. The van der Waals surface area contributed by atoms with Gasteiger partial charge in [-0.15, -0.1) is 0 Å². The number of benzene rings is 2. The molecule has 1 N–H and O–H groups in total. The second-order valence-electron chi connectivity index (χ2n) is 5.83. The normalized spacial score (nSPS) is 22.4. The zero-order valence-electron chi connectivity index (χ0n) is 12.6. The van der Waals surface area contributed by atoms with Crippen LogP contribution in [0, 0.1) is 0 Å². The molecule has 2 aromatic carbocycles. The van der Waals surface area contributed by atoms with Crippen LogP contribution in [0.15, 0.2) is 48.5 Å². The fourth-order valence-corrected chi connectivity index (χ4v) is 3.54. The number of aliphatic hydroxyl groups is 1. The van der Waals surface area contributed by atoms with Crippen LogP contribution in [0.3, 0.4) is 0 Å².